The molecule has 0 atom stereocenters. The number of halogens is 2. The average molecular weight is 210 g/mol. The molecule has 1 radical (unpaired) electrons. The molecule has 0 unspecified atom stereocenters. The molecule has 3 heteroatoms. The zero-order valence-electron chi connectivity index (χ0n) is 8.76. The Bertz CT molecular complexity index is 339. The maximum atomic E-state index is 12.9. The lowest BCUT2D eigenvalue weighted by atomic mass is 10.1. The molecule has 0 aliphatic carbocycles. The lowest BCUT2D eigenvalue weighted by Crippen LogP contribution is -2.39. The third-order valence-electron chi connectivity index (χ3n) is 2.78. The van der Waals surface area contributed by atoms with Gasteiger partial charge in [-0.05, 0) is 30.7 Å². The summed E-state index contributed by atoms with van der Waals surface area (Å²) in [5.74, 6) is -2.47. The van der Waals surface area contributed by atoms with Gasteiger partial charge in [-0.25, -0.2) is 8.78 Å². The molecule has 0 bridgehead atoms. The van der Waals surface area contributed by atoms with Crippen LogP contribution < -0.4 is 4.90 Å². The highest BCUT2D eigenvalue weighted by molar-refractivity contribution is 5.48. The molecule has 1 aliphatic heterocycles. The molecule has 1 heterocycles. The van der Waals surface area contributed by atoms with Crippen molar-refractivity contribution >= 4 is 5.69 Å². The van der Waals surface area contributed by atoms with Crippen molar-refractivity contribution < 1.29 is 8.78 Å². The van der Waals surface area contributed by atoms with Crippen LogP contribution in [0, 0.1) is 13.0 Å². The largest absolute Gasteiger partial charge is 0.371 e. The zero-order valence-corrected chi connectivity index (χ0v) is 8.76. The quantitative estimate of drug-likeness (QED) is 0.688. The summed E-state index contributed by atoms with van der Waals surface area (Å²) in [4.78, 5) is 2.00. The van der Waals surface area contributed by atoms with E-state index in [-0.39, 0.29) is 12.8 Å². The van der Waals surface area contributed by atoms with E-state index in [0.717, 1.165) is 11.3 Å². The minimum atomic E-state index is -2.47. The summed E-state index contributed by atoms with van der Waals surface area (Å²) in [5, 5.41) is 0. The summed E-state index contributed by atoms with van der Waals surface area (Å²) in [6.07, 6.45) is -0.0815. The van der Waals surface area contributed by atoms with Crippen LogP contribution in [0.3, 0.4) is 0 Å². The van der Waals surface area contributed by atoms with Crippen molar-refractivity contribution in [1.29, 1.82) is 0 Å². The molecule has 0 amide bonds. The van der Waals surface area contributed by atoms with E-state index in [1.54, 1.807) is 0 Å². The normalized spacial score (nSPS) is 20.3. The van der Waals surface area contributed by atoms with Gasteiger partial charge in [-0.1, -0.05) is 6.07 Å². The SMILES string of the molecule is Cc1c[c]cc(N2CCC(F)(F)CC2)c1. The van der Waals surface area contributed by atoms with Gasteiger partial charge in [-0.2, -0.15) is 0 Å². The van der Waals surface area contributed by atoms with E-state index in [4.69, 9.17) is 0 Å². The second-order valence-corrected chi connectivity index (χ2v) is 4.11. The van der Waals surface area contributed by atoms with Crippen LogP contribution in [0.4, 0.5) is 14.5 Å². The van der Waals surface area contributed by atoms with Crippen LogP contribution in [-0.2, 0) is 0 Å². The van der Waals surface area contributed by atoms with Crippen LogP contribution in [0.1, 0.15) is 18.4 Å². The van der Waals surface area contributed by atoms with Crippen molar-refractivity contribution in [2.75, 3.05) is 18.0 Å². The van der Waals surface area contributed by atoms with Crippen LogP contribution >= 0.6 is 0 Å². The Morgan fingerprint density at radius 2 is 1.93 bits per heavy atom. The van der Waals surface area contributed by atoms with Crippen molar-refractivity contribution in [3.63, 3.8) is 0 Å². The minimum Gasteiger partial charge on any atom is -0.371 e. The highest BCUT2D eigenvalue weighted by Gasteiger charge is 2.33. The van der Waals surface area contributed by atoms with Crippen LogP contribution in [0.5, 0.6) is 0 Å². The van der Waals surface area contributed by atoms with Crippen LogP contribution in [0.15, 0.2) is 18.2 Å². The Morgan fingerprint density at radius 3 is 2.53 bits per heavy atom. The Kier molecular flexibility index (Phi) is 2.63. The first-order valence-electron chi connectivity index (χ1n) is 5.17. The molecule has 0 spiro atoms. The molecule has 1 aromatic carbocycles. The Morgan fingerprint density at radius 1 is 1.27 bits per heavy atom. The molecule has 1 saturated heterocycles. The molecule has 15 heavy (non-hydrogen) atoms. The van der Waals surface area contributed by atoms with Crippen molar-refractivity contribution in [1.82, 2.24) is 0 Å². The smallest absolute Gasteiger partial charge is 0.251 e. The van der Waals surface area contributed by atoms with Crippen molar-refractivity contribution in [3.05, 3.63) is 29.8 Å². The molecule has 2 rings (SSSR count). The molecular weight excluding hydrogens is 196 g/mol. The summed E-state index contributed by atoms with van der Waals surface area (Å²) in [5.41, 5.74) is 2.12. The van der Waals surface area contributed by atoms with E-state index in [2.05, 4.69) is 6.07 Å². The van der Waals surface area contributed by atoms with Crippen LogP contribution in [0.25, 0.3) is 0 Å². The van der Waals surface area contributed by atoms with Crippen molar-refractivity contribution in [2.24, 2.45) is 0 Å². The fraction of sp³-hybridized carbons (Fsp3) is 0.500. The van der Waals surface area contributed by atoms with Crippen molar-refractivity contribution in [3.8, 4) is 0 Å². The summed E-state index contributed by atoms with van der Waals surface area (Å²) in [7, 11) is 0. The van der Waals surface area contributed by atoms with Gasteiger partial charge in [-0.15, -0.1) is 0 Å². The molecule has 1 fully saturated rings. The molecule has 81 valence electrons. The van der Waals surface area contributed by atoms with E-state index >= 15 is 0 Å². The number of aryl methyl sites for hydroxylation is 1. The van der Waals surface area contributed by atoms with Gasteiger partial charge in [0.15, 0.2) is 0 Å². The minimum absolute atomic E-state index is 0.0407. The van der Waals surface area contributed by atoms with E-state index in [0.29, 0.717) is 13.1 Å². The van der Waals surface area contributed by atoms with E-state index < -0.39 is 5.92 Å². The van der Waals surface area contributed by atoms with E-state index in [1.807, 2.05) is 30.0 Å². The third-order valence-corrected chi connectivity index (χ3v) is 2.78. The fourth-order valence-electron chi connectivity index (χ4n) is 1.85. The van der Waals surface area contributed by atoms with Gasteiger partial charge < -0.3 is 4.90 Å². The first kappa shape index (κ1) is 10.4. The Hall–Kier alpha value is -1.12. The lowest BCUT2D eigenvalue weighted by Gasteiger charge is -2.33. The molecule has 0 saturated carbocycles. The van der Waals surface area contributed by atoms with Crippen LogP contribution in [-0.4, -0.2) is 19.0 Å². The second-order valence-electron chi connectivity index (χ2n) is 4.11. The first-order chi connectivity index (χ1) is 7.07. The standard InChI is InChI=1S/C12H14F2N/c1-10-3-2-4-11(9-10)15-7-5-12(13,14)6-8-15/h3-4,9H,5-8H2,1H3. The molecule has 1 nitrogen and oxygen atoms in total. The van der Waals surface area contributed by atoms with Gasteiger partial charge in [0.05, 0.1) is 0 Å². The predicted octanol–water partition coefficient (Wildman–Crippen LogP) is 3.03. The van der Waals surface area contributed by atoms with Crippen LogP contribution in [0.2, 0.25) is 0 Å². The number of benzene rings is 1. The van der Waals surface area contributed by atoms with Gasteiger partial charge in [0, 0.05) is 31.6 Å². The molecule has 0 N–H and O–H groups in total. The van der Waals surface area contributed by atoms with E-state index in [1.165, 1.54) is 0 Å². The molecule has 1 aliphatic rings. The maximum absolute atomic E-state index is 12.9. The second kappa shape index (κ2) is 3.80. The number of nitrogens with zero attached hydrogens (tertiary/aromatic N) is 1. The van der Waals surface area contributed by atoms with Gasteiger partial charge in [0.1, 0.15) is 0 Å². The van der Waals surface area contributed by atoms with Gasteiger partial charge >= 0.3 is 0 Å². The van der Waals surface area contributed by atoms with Gasteiger partial charge in [0.25, 0.3) is 5.92 Å². The summed E-state index contributed by atoms with van der Waals surface area (Å²) < 4.78 is 25.9. The topological polar surface area (TPSA) is 3.24 Å². The average Bonchev–Trinajstić information content (AvgIpc) is 2.17. The number of rotatable bonds is 1. The fourth-order valence-corrected chi connectivity index (χ4v) is 1.85. The van der Waals surface area contributed by atoms with Gasteiger partial charge in [0.2, 0.25) is 0 Å². The molecular formula is C12H14F2N. The third kappa shape index (κ3) is 2.46. The number of hydrogen-bond acceptors (Lipinski definition) is 1. The summed E-state index contributed by atoms with van der Waals surface area (Å²) >= 11 is 0. The summed E-state index contributed by atoms with van der Waals surface area (Å²) in [6, 6.07) is 8.78. The highest BCUT2D eigenvalue weighted by Crippen LogP contribution is 2.30. The van der Waals surface area contributed by atoms with Crippen molar-refractivity contribution in [2.45, 2.75) is 25.7 Å². The zero-order chi connectivity index (χ0) is 10.9. The molecule has 0 aromatic heterocycles. The first-order valence-corrected chi connectivity index (χ1v) is 5.17. The number of anilines is 1. The highest BCUT2D eigenvalue weighted by atomic mass is 19.3. The van der Waals surface area contributed by atoms with E-state index in [9.17, 15) is 8.78 Å². The summed E-state index contributed by atoms with van der Waals surface area (Å²) in [6.45, 7) is 2.85. The van der Waals surface area contributed by atoms with Gasteiger partial charge in [-0.3, -0.25) is 0 Å². The lowest BCUT2D eigenvalue weighted by molar-refractivity contribution is -0.0220. The Balaban J connectivity index is 2.08. The molecule has 1 aromatic rings. The number of alkyl halides is 2. The number of piperidine rings is 1. The maximum Gasteiger partial charge on any atom is 0.251 e. The predicted molar refractivity (Wildman–Crippen MR) is 56.4 cm³/mol. The monoisotopic (exact) mass is 210 g/mol. The Labute approximate surface area is 88.7 Å². The number of hydrogen-bond donors (Lipinski definition) is 0.